The van der Waals surface area contributed by atoms with Crippen molar-refractivity contribution in [2.24, 2.45) is 5.10 Å². The second-order valence-electron chi connectivity index (χ2n) is 5.50. The smallest absolute Gasteiger partial charge is 0.276 e. The first kappa shape index (κ1) is 15.7. The molecule has 0 unspecified atom stereocenters. The molecule has 0 saturated carbocycles. The Morgan fingerprint density at radius 2 is 2.00 bits per heavy atom. The van der Waals surface area contributed by atoms with Crippen LogP contribution < -0.4 is 20.6 Å². The number of nitrogens with zero attached hydrogens (tertiary/aromatic N) is 3. The van der Waals surface area contributed by atoms with Gasteiger partial charge < -0.3 is 15.2 Å². The summed E-state index contributed by atoms with van der Waals surface area (Å²) in [6, 6.07) is 14.7. The van der Waals surface area contributed by atoms with Gasteiger partial charge in [0.15, 0.2) is 11.5 Å². The molecule has 1 aliphatic rings. The van der Waals surface area contributed by atoms with Crippen LogP contribution in [-0.2, 0) is 0 Å². The standard InChI is InChI=1S/C18H15N5O3/c19-17-14(10-21-23(17)13-4-2-1-3-5-13)18(24)22-20-9-12-6-7-15-16(8-12)26-11-25-15/h1-10H,11,19H2,(H,22,24)/b20-9+. The van der Waals surface area contributed by atoms with E-state index in [1.807, 2.05) is 36.4 Å². The van der Waals surface area contributed by atoms with Gasteiger partial charge in [-0.05, 0) is 35.9 Å². The lowest BCUT2D eigenvalue weighted by Gasteiger charge is -2.04. The number of carbonyl (C=O) groups excluding carboxylic acids is 1. The molecule has 130 valence electrons. The molecule has 2 heterocycles. The Morgan fingerprint density at radius 1 is 1.19 bits per heavy atom. The summed E-state index contributed by atoms with van der Waals surface area (Å²) >= 11 is 0. The molecule has 0 spiro atoms. The number of fused-ring (bicyclic) bond motifs is 1. The van der Waals surface area contributed by atoms with Gasteiger partial charge >= 0.3 is 0 Å². The zero-order valence-corrected chi connectivity index (χ0v) is 13.6. The van der Waals surface area contributed by atoms with E-state index in [4.69, 9.17) is 15.2 Å². The lowest BCUT2D eigenvalue weighted by atomic mass is 10.2. The van der Waals surface area contributed by atoms with Crippen molar-refractivity contribution in [3.05, 3.63) is 65.9 Å². The molecule has 8 nitrogen and oxygen atoms in total. The number of nitrogens with two attached hydrogens (primary N) is 1. The third kappa shape index (κ3) is 2.95. The molecule has 3 aromatic rings. The van der Waals surface area contributed by atoms with Gasteiger partial charge in [-0.25, -0.2) is 10.1 Å². The molecule has 8 heteroatoms. The summed E-state index contributed by atoms with van der Waals surface area (Å²) in [6.45, 7) is 0.206. The number of amides is 1. The molecule has 0 atom stereocenters. The average Bonchev–Trinajstić information content (AvgIpc) is 3.28. The van der Waals surface area contributed by atoms with Gasteiger partial charge in [-0.15, -0.1) is 0 Å². The van der Waals surface area contributed by atoms with Gasteiger partial charge in [0, 0.05) is 0 Å². The first-order valence-corrected chi connectivity index (χ1v) is 7.84. The highest BCUT2D eigenvalue weighted by Crippen LogP contribution is 2.31. The number of hydrogen-bond donors (Lipinski definition) is 2. The number of hydrogen-bond acceptors (Lipinski definition) is 6. The number of carbonyl (C=O) groups is 1. The van der Waals surface area contributed by atoms with E-state index in [0.29, 0.717) is 11.5 Å². The largest absolute Gasteiger partial charge is 0.454 e. The molecule has 0 aliphatic carbocycles. The summed E-state index contributed by atoms with van der Waals surface area (Å²) in [7, 11) is 0. The molecule has 0 fully saturated rings. The van der Waals surface area contributed by atoms with E-state index in [1.54, 1.807) is 12.1 Å². The zero-order valence-electron chi connectivity index (χ0n) is 13.6. The quantitative estimate of drug-likeness (QED) is 0.553. The molecule has 3 N–H and O–H groups in total. The monoisotopic (exact) mass is 349 g/mol. The maximum absolute atomic E-state index is 12.3. The molecule has 0 bridgehead atoms. The van der Waals surface area contributed by atoms with Crippen LogP contribution in [0, 0.1) is 0 Å². The first-order chi connectivity index (χ1) is 12.7. The van der Waals surface area contributed by atoms with Crippen LogP contribution in [0.25, 0.3) is 5.69 Å². The number of hydrazone groups is 1. The van der Waals surface area contributed by atoms with E-state index >= 15 is 0 Å². The number of ether oxygens (including phenoxy) is 2. The van der Waals surface area contributed by atoms with Crippen LogP contribution in [0.5, 0.6) is 11.5 Å². The van der Waals surface area contributed by atoms with Crippen LogP contribution in [0.3, 0.4) is 0 Å². The van der Waals surface area contributed by atoms with Gasteiger partial charge in [-0.1, -0.05) is 18.2 Å². The van der Waals surface area contributed by atoms with Crippen molar-refractivity contribution in [2.45, 2.75) is 0 Å². The summed E-state index contributed by atoms with van der Waals surface area (Å²) in [5.41, 5.74) is 10.3. The second kappa shape index (κ2) is 6.60. The minimum Gasteiger partial charge on any atom is -0.454 e. The number of benzene rings is 2. The molecule has 0 saturated heterocycles. The van der Waals surface area contributed by atoms with Gasteiger partial charge in [0.2, 0.25) is 6.79 Å². The minimum absolute atomic E-state index is 0.206. The Balaban J connectivity index is 1.46. The van der Waals surface area contributed by atoms with E-state index in [2.05, 4.69) is 15.6 Å². The summed E-state index contributed by atoms with van der Waals surface area (Å²) in [4.78, 5) is 12.3. The molecule has 26 heavy (non-hydrogen) atoms. The zero-order chi connectivity index (χ0) is 17.9. The maximum atomic E-state index is 12.3. The van der Waals surface area contributed by atoms with Gasteiger partial charge in [-0.2, -0.15) is 10.2 Å². The van der Waals surface area contributed by atoms with Gasteiger partial charge in [0.1, 0.15) is 11.4 Å². The predicted molar refractivity (Wildman–Crippen MR) is 95.6 cm³/mol. The number of rotatable bonds is 4. The van der Waals surface area contributed by atoms with Crippen molar-refractivity contribution in [1.82, 2.24) is 15.2 Å². The number of anilines is 1. The van der Waals surface area contributed by atoms with E-state index in [0.717, 1.165) is 11.3 Å². The van der Waals surface area contributed by atoms with Crippen molar-refractivity contribution in [1.29, 1.82) is 0 Å². The fourth-order valence-electron chi connectivity index (χ4n) is 2.53. The highest BCUT2D eigenvalue weighted by molar-refractivity contribution is 5.99. The van der Waals surface area contributed by atoms with Crippen molar-refractivity contribution < 1.29 is 14.3 Å². The fourth-order valence-corrected chi connectivity index (χ4v) is 2.53. The number of nitrogen functional groups attached to an aromatic ring is 1. The number of aromatic nitrogens is 2. The highest BCUT2D eigenvalue weighted by Gasteiger charge is 2.16. The van der Waals surface area contributed by atoms with E-state index in [1.165, 1.54) is 17.1 Å². The van der Waals surface area contributed by atoms with Crippen molar-refractivity contribution in [2.75, 3.05) is 12.5 Å². The molecular formula is C18H15N5O3. The average molecular weight is 349 g/mol. The SMILES string of the molecule is Nc1c(C(=O)N/N=C/c2ccc3c(c2)OCO3)cnn1-c1ccccc1. The Labute approximate surface area is 148 Å². The lowest BCUT2D eigenvalue weighted by Crippen LogP contribution is -2.18. The summed E-state index contributed by atoms with van der Waals surface area (Å²) in [5.74, 6) is 1.13. The minimum atomic E-state index is -0.443. The van der Waals surface area contributed by atoms with Gasteiger partial charge in [0.05, 0.1) is 18.1 Å². The Bertz CT molecular complexity index is 982. The van der Waals surface area contributed by atoms with Crippen LogP contribution in [0.1, 0.15) is 15.9 Å². The van der Waals surface area contributed by atoms with Crippen LogP contribution in [0.4, 0.5) is 5.82 Å². The molecule has 1 aromatic heterocycles. The van der Waals surface area contributed by atoms with E-state index < -0.39 is 5.91 Å². The van der Waals surface area contributed by atoms with Crippen LogP contribution in [0.15, 0.2) is 59.8 Å². The van der Waals surface area contributed by atoms with Gasteiger partial charge in [0.25, 0.3) is 5.91 Å². The van der Waals surface area contributed by atoms with Crippen LogP contribution >= 0.6 is 0 Å². The van der Waals surface area contributed by atoms with Gasteiger partial charge in [-0.3, -0.25) is 4.79 Å². The molecule has 0 radical (unpaired) electrons. The fraction of sp³-hybridized carbons (Fsp3) is 0.0556. The molecule has 4 rings (SSSR count). The second-order valence-corrected chi connectivity index (χ2v) is 5.50. The maximum Gasteiger partial charge on any atom is 0.276 e. The lowest BCUT2D eigenvalue weighted by molar-refractivity contribution is 0.0956. The topological polar surface area (TPSA) is 104 Å². The molecule has 1 aliphatic heterocycles. The van der Waals surface area contributed by atoms with Crippen molar-refractivity contribution >= 4 is 17.9 Å². The van der Waals surface area contributed by atoms with E-state index in [9.17, 15) is 4.79 Å². The highest BCUT2D eigenvalue weighted by atomic mass is 16.7. The first-order valence-electron chi connectivity index (χ1n) is 7.84. The molecule has 2 aromatic carbocycles. The number of para-hydroxylation sites is 1. The van der Waals surface area contributed by atoms with Crippen LogP contribution in [0.2, 0.25) is 0 Å². The van der Waals surface area contributed by atoms with Crippen molar-refractivity contribution in [3.8, 4) is 17.2 Å². The third-order valence-corrected chi connectivity index (χ3v) is 3.83. The number of nitrogens with one attached hydrogen (secondary N) is 1. The Hall–Kier alpha value is -3.81. The Morgan fingerprint density at radius 3 is 2.85 bits per heavy atom. The predicted octanol–water partition coefficient (Wildman–Crippen LogP) is 1.95. The summed E-state index contributed by atoms with van der Waals surface area (Å²) in [5, 5.41) is 8.11. The molecule has 1 amide bonds. The van der Waals surface area contributed by atoms with E-state index in [-0.39, 0.29) is 18.2 Å². The summed E-state index contributed by atoms with van der Waals surface area (Å²) in [6.07, 6.45) is 2.92. The Kier molecular flexibility index (Phi) is 3.98. The van der Waals surface area contributed by atoms with Crippen LogP contribution in [-0.4, -0.2) is 28.7 Å². The summed E-state index contributed by atoms with van der Waals surface area (Å²) < 4.78 is 12.0. The normalized spacial score (nSPS) is 12.5. The van der Waals surface area contributed by atoms with Crippen molar-refractivity contribution in [3.63, 3.8) is 0 Å². The third-order valence-electron chi connectivity index (χ3n) is 3.83. The molecular weight excluding hydrogens is 334 g/mol.